The smallest absolute Gasteiger partial charge is 0.342 e. The second-order valence-electron chi connectivity index (χ2n) is 20.8. The fourth-order valence-corrected chi connectivity index (χ4v) is 11.1. The number of nitrogens with zero attached hydrogens (tertiary/aromatic N) is 6. The molecule has 8 rings (SSSR count). The predicted octanol–water partition coefficient (Wildman–Crippen LogP) is 6.82. The van der Waals surface area contributed by atoms with Crippen molar-refractivity contribution in [3.8, 4) is 28.8 Å². The van der Waals surface area contributed by atoms with Crippen molar-refractivity contribution in [3.05, 3.63) is 92.5 Å². The van der Waals surface area contributed by atoms with Gasteiger partial charge in [0.05, 0.1) is 73.8 Å². The largest absolute Gasteiger partial charge is 0.493 e. The van der Waals surface area contributed by atoms with E-state index in [1.54, 1.807) is 32.1 Å². The Balaban J connectivity index is 1.04. The van der Waals surface area contributed by atoms with Crippen LogP contribution in [0.25, 0.3) is 11.3 Å². The molecule has 3 fully saturated rings. The number of hydrogen-bond donors (Lipinski definition) is 2. The minimum absolute atomic E-state index is 0.0130. The van der Waals surface area contributed by atoms with Gasteiger partial charge in [-0.1, -0.05) is 69.7 Å². The van der Waals surface area contributed by atoms with Gasteiger partial charge in [-0.05, 0) is 69.1 Å². The van der Waals surface area contributed by atoms with Crippen LogP contribution in [-0.2, 0) is 51.2 Å². The Morgan fingerprint density at radius 1 is 1.05 bits per heavy atom. The zero-order chi connectivity index (χ0) is 55.5. The number of hydrogen-bond acceptors (Lipinski definition) is 20. The number of methoxy groups -OCH3 is 2. The molecule has 416 valence electrons. The second-order valence-corrected chi connectivity index (χ2v) is 20.8. The Hall–Kier alpha value is -6.59. The van der Waals surface area contributed by atoms with E-state index in [1.165, 1.54) is 38.1 Å². The fourth-order valence-electron chi connectivity index (χ4n) is 11.1. The highest BCUT2D eigenvalue weighted by atomic mass is 16.7. The Kier molecular flexibility index (Phi) is 17.3. The first-order valence-electron chi connectivity index (χ1n) is 26.2. The van der Waals surface area contributed by atoms with Crippen molar-refractivity contribution in [2.45, 2.75) is 155 Å². The summed E-state index contributed by atoms with van der Waals surface area (Å²) in [5.74, 6) is -3.92. The number of aryl methyl sites for hydroxylation is 1. The van der Waals surface area contributed by atoms with Crippen LogP contribution in [0.1, 0.15) is 109 Å². The number of rotatable bonds is 14. The Bertz CT molecular complexity index is 2840. The summed E-state index contributed by atoms with van der Waals surface area (Å²) in [5, 5.41) is 44.4. The quantitative estimate of drug-likeness (QED) is 0.0551. The highest BCUT2D eigenvalue weighted by molar-refractivity contribution is 5.98. The van der Waals surface area contributed by atoms with Gasteiger partial charge in [0.2, 0.25) is 0 Å². The van der Waals surface area contributed by atoms with Gasteiger partial charge in [-0.25, -0.2) is 9.48 Å². The standard InChI is InChI=1S/C55H70N6O16/c1-11-29(3)49-32(6)18-19-54(77-49)24-38-21-37(76-54)17-16-31(5)48(30(4)14-13-15-35-27-72-50-47(63)33(7)20-40(51(64)74-38)55(35,50)66)75-44(62)26-60-25-36(58-59-60)28-73-53-56-34(8)45(52(65)71-12-2)46(57-53)39-22-42(69-9)43(70-10)23-41(39)61(67)68/h13-16,20,22-23,25,29-30,32,37-38,40,47-50,63,66H,11-12,17-19,21,24,26-28H2,1-10H3/b14-13+,31-16+,35-15-/t29-,30-,32-,37+,38-,40-,47+,48-,49+,50+,54+,55+/m0/s1. The molecule has 1 aromatic carbocycles. The first-order chi connectivity index (χ1) is 36.7. The van der Waals surface area contributed by atoms with E-state index in [0.29, 0.717) is 42.7 Å². The molecule has 1 spiro atoms. The molecule has 22 nitrogen and oxygen atoms in total. The van der Waals surface area contributed by atoms with E-state index in [4.69, 9.17) is 42.6 Å². The van der Waals surface area contributed by atoms with E-state index >= 15 is 0 Å². The van der Waals surface area contributed by atoms with Crippen LogP contribution in [-0.4, -0.2) is 133 Å². The number of ether oxygens (including phenoxy) is 9. The van der Waals surface area contributed by atoms with E-state index in [-0.39, 0.29) is 84.1 Å². The molecule has 2 bridgehead atoms. The molecular formula is C55H70N6O16. The SMILES string of the molecule is CCOC(=O)c1c(C)nc(OCc2cn(CC(=O)O[C@@H]3/C(C)=C/C[C@@H]4C[C@@H](C[C@]5(CC[C@H](C)[C@@H]([C@@H](C)CC)O5)O4)OC(=O)[C@@H]4C=C(C)[C@@H](O)[C@H]5OC/C(=C/C=C/[C@@H]3C)[C@]54O)nn2)nc1-c1cc(OC)c(OC)cc1[N+](=O)[O-]. The maximum Gasteiger partial charge on any atom is 0.342 e. The van der Waals surface area contributed by atoms with Crippen molar-refractivity contribution in [2.75, 3.05) is 27.4 Å². The van der Waals surface area contributed by atoms with Crippen LogP contribution in [0.4, 0.5) is 5.69 Å². The summed E-state index contributed by atoms with van der Waals surface area (Å²) in [4.78, 5) is 62.1. The average molecular weight is 1070 g/mol. The molecular weight excluding hydrogens is 1000 g/mol. The van der Waals surface area contributed by atoms with Crippen molar-refractivity contribution >= 4 is 23.6 Å². The van der Waals surface area contributed by atoms with Crippen molar-refractivity contribution < 1.29 is 72.2 Å². The zero-order valence-electron chi connectivity index (χ0n) is 45.3. The van der Waals surface area contributed by atoms with Crippen molar-refractivity contribution in [1.82, 2.24) is 25.0 Å². The summed E-state index contributed by atoms with van der Waals surface area (Å²) in [7, 11) is 2.70. The van der Waals surface area contributed by atoms with Gasteiger partial charge in [-0.15, -0.1) is 5.10 Å². The molecule has 3 aromatic rings. The lowest BCUT2D eigenvalue weighted by Crippen LogP contribution is -2.58. The van der Waals surface area contributed by atoms with Crippen LogP contribution in [0, 0.1) is 40.7 Å². The summed E-state index contributed by atoms with van der Waals surface area (Å²) < 4.78 is 55.7. The van der Waals surface area contributed by atoms with Crippen molar-refractivity contribution in [1.29, 1.82) is 0 Å². The third-order valence-electron chi connectivity index (χ3n) is 15.4. The van der Waals surface area contributed by atoms with Crippen LogP contribution in [0.15, 0.2) is 65.4 Å². The van der Waals surface area contributed by atoms with Gasteiger partial charge in [-0.2, -0.15) is 9.97 Å². The first-order valence-corrected chi connectivity index (χ1v) is 26.2. The summed E-state index contributed by atoms with van der Waals surface area (Å²) in [6.07, 6.45) is 9.43. The van der Waals surface area contributed by atoms with Gasteiger partial charge >= 0.3 is 23.9 Å². The van der Waals surface area contributed by atoms with Crippen molar-refractivity contribution in [2.24, 2.45) is 23.7 Å². The molecule has 4 aliphatic heterocycles. The molecule has 6 heterocycles. The number of aliphatic hydroxyl groups is 2. The van der Waals surface area contributed by atoms with Gasteiger partial charge in [0, 0.05) is 31.2 Å². The maximum absolute atomic E-state index is 14.4. The van der Waals surface area contributed by atoms with Crippen LogP contribution in [0.5, 0.6) is 17.5 Å². The Labute approximate surface area is 446 Å². The zero-order valence-corrected chi connectivity index (χ0v) is 45.3. The molecule has 3 saturated heterocycles. The topological polar surface area (TPSA) is 274 Å². The number of carbonyl (C=O) groups excluding carboxylic acids is 3. The molecule has 12 atom stereocenters. The van der Waals surface area contributed by atoms with Crippen molar-refractivity contribution in [3.63, 3.8) is 0 Å². The minimum atomic E-state index is -1.91. The lowest BCUT2D eigenvalue weighted by atomic mass is 9.71. The number of carbonyl (C=O) groups is 3. The number of aromatic nitrogens is 5. The van der Waals surface area contributed by atoms with E-state index in [9.17, 15) is 34.7 Å². The first kappa shape index (κ1) is 56.6. The highest BCUT2D eigenvalue weighted by Crippen LogP contribution is 2.48. The minimum Gasteiger partial charge on any atom is -0.493 e. The third kappa shape index (κ3) is 11.8. The lowest BCUT2D eigenvalue weighted by molar-refractivity contribution is -0.384. The van der Waals surface area contributed by atoms with Crippen LogP contribution >= 0.6 is 0 Å². The molecule has 77 heavy (non-hydrogen) atoms. The Morgan fingerprint density at radius 3 is 2.52 bits per heavy atom. The van der Waals surface area contributed by atoms with E-state index in [1.807, 2.05) is 26.0 Å². The summed E-state index contributed by atoms with van der Waals surface area (Å²) >= 11 is 0. The number of fused-ring (bicyclic) bond motifs is 2. The lowest BCUT2D eigenvalue weighted by Gasteiger charge is -2.51. The number of nitro benzene ring substituents is 1. The molecule has 2 aromatic heterocycles. The van der Waals surface area contributed by atoms with Gasteiger partial charge in [0.1, 0.15) is 60.3 Å². The maximum atomic E-state index is 14.4. The van der Waals surface area contributed by atoms with E-state index < -0.39 is 82.3 Å². The number of nitro groups is 1. The predicted molar refractivity (Wildman–Crippen MR) is 274 cm³/mol. The highest BCUT2D eigenvalue weighted by Gasteiger charge is 2.60. The normalized spacial score (nSPS) is 31.5. The van der Waals surface area contributed by atoms with Crippen LogP contribution in [0.2, 0.25) is 0 Å². The monoisotopic (exact) mass is 1070 g/mol. The summed E-state index contributed by atoms with van der Waals surface area (Å²) in [6, 6.07) is 2.24. The Morgan fingerprint density at radius 2 is 1.81 bits per heavy atom. The van der Waals surface area contributed by atoms with E-state index in [0.717, 1.165) is 24.5 Å². The van der Waals surface area contributed by atoms with Gasteiger partial charge < -0.3 is 52.8 Å². The van der Waals surface area contributed by atoms with Crippen LogP contribution in [0.3, 0.4) is 0 Å². The molecule has 1 aliphatic carbocycles. The summed E-state index contributed by atoms with van der Waals surface area (Å²) in [5.41, 5.74) is -0.703. The van der Waals surface area contributed by atoms with Crippen LogP contribution < -0.4 is 14.2 Å². The average Bonchev–Trinajstić information content (AvgIpc) is 4.06. The molecule has 5 aliphatic rings. The molecule has 2 N–H and O–H groups in total. The number of esters is 3. The molecule has 0 radical (unpaired) electrons. The number of aliphatic hydroxyl groups excluding tert-OH is 1. The molecule has 0 unspecified atom stereocenters. The fraction of sp³-hybridized carbons (Fsp3) is 0.582. The third-order valence-corrected chi connectivity index (χ3v) is 15.4. The second kappa shape index (κ2) is 23.6. The molecule has 0 saturated carbocycles. The van der Waals surface area contributed by atoms with Gasteiger partial charge in [0.15, 0.2) is 17.3 Å². The number of allylic oxidation sites excluding steroid dienone is 2. The summed E-state index contributed by atoms with van der Waals surface area (Å²) in [6.45, 7) is 14.5. The molecule has 22 heteroatoms. The van der Waals surface area contributed by atoms with Gasteiger partial charge in [-0.3, -0.25) is 19.7 Å². The van der Waals surface area contributed by atoms with Gasteiger partial charge in [0.25, 0.3) is 5.69 Å². The molecule has 0 amide bonds. The number of benzene rings is 1. The van der Waals surface area contributed by atoms with E-state index in [2.05, 4.69) is 41.1 Å².